The molecule has 0 spiro atoms. The highest BCUT2D eigenvalue weighted by atomic mass is 16.6. The van der Waals surface area contributed by atoms with Crippen molar-refractivity contribution < 1.29 is 19.4 Å². The van der Waals surface area contributed by atoms with Crippen molar-refractivity contribution in [3.8, 4) is 5.75 Å². The first-order valence-electron chi connectivity index (χ1n) is 6.65. The van der Waals surface area contributed by atoms with Gasteiger partial charge in [0.25, 0.3) is 5.69 Å². The average Bonchev–Trinajstić information content (AvgIpc) is 3.04. The van der Waals surface area contributed by atoms with E-state index in [0.717, 1.165) is 17.1 Å². The molecule has 1 N–H and O–H groups in total. The zero-order valence-corrected chi connectivity index (χ0v) is 12.7. The van der Waals surface area contributed by atoms with Gasteiger partial charge in [0, 0.05) is 0 Å². The molecule has 2 aromatic rings. The summed E-state index contributed by atoms with van der Waals surface area (Å²) in [5.74, 6) is -0.336. The lowest BCUT2D eigenvalue weighted by Gasteiger charge is -2.12. The lowest BCUT2D eigenvalue weighted by atomic mass is 10.2. The van der Waals surface area contributed by atoms with E-state index in [4.69, 9.17) is 4.74 Å². The first kappa shape index (κ1) is 16.9. The number of amides is 1. The molecule has 1 unspecified atom stereocenters. The van der Waals surface area contributed by atoms with Gasteiger partial charge < -0.3 is 10.1 Å². The van der Waals surface area contributed by atoms with Crippen molar-refractivity contribution in [1.82, 2.24) is 9.78 Å². The lowest BCUT2D eigenvalue weighted by molar-refractivity contribution is -0.385. The second-order valence-corrected chi connectivity index (χ2v) is 4.74. The predicted octanol–water partition coefficient (Wildman–Crippen LogP) is 1.91. The summed E-state index contributed by atoms with van der Waals surface area (Å²) in [6.07, 6.45) is 2.12. The van der Waals surface area contributed by atoms with E-state index in [1.807, 2.05) is 0 Å². The molecule has 0 aliphatic carbocycles. The van der Waals surface area contributed by atoms with Crippen molar-refractivity contribution in [1.29, 1.82) is 0 Å². The molecule has 2 rings (SSSR count). The molecule has 0 aliphatic rings. The van der Waals surface area contributed by atoms with E-state index in [1.54, 1.807) is 0 Å². The van der Waals surface area contributed by atoms with Gasteiger partial charge in [0.15, 0.2) is 0 Å². The van der Waals surface area contributed by atoms with Crippen LogP contribution in [0.3, 0.4) is 0 Å². The van der Waals surface area contributed by atoms with E-state index in [2.05, 4.69) is 10.4 Å². The summed E-state index contributed by atoms with van der Waals surface area (Å²) in [7, 11) is 1.37. The molecule has 126 valence electrons. The molecule has 0 bridgehead atoms. The number of rotatable bonds is 6. The predicted molar refractivity (Wildman–Crippen MR) is 81.9 cm³/mol. The quantitative estimate of drug-likeness (QED) is 0.627. The summed E-state index contributed by atoms with van der Waals surface area (Å²) >= 11 is 0. The van der Waals surface area contributed by atoms with Crippen molar-refractivity contribution in [2.45, 2.75) is 13.0 Å². The maximum atomic E-state index is 12.2. The highest BCUT2D eigenvalue weighted by Crippen LogP contribution is 2.29. The third kappa shape index (κ3) is 3.45. The van der Waals surface area contributed by atoms with Crippen LogP contribution in [-0.2, 0) is 4.79 Å². The minimum Gasteiger partial charge on any atom is -0.496 e. The molecule has 1 aromatic carbocycles. The Morgan fingerprint density at radius 1 is 1.33 bits per heavy atom. The van der Waals surface area contributed by atoms with Crippen molar-refractivity contribution in [3.05, 3.63) is 50.8 Å². The lowest BCUT2D eigenvalue weighted by Crippen LogP contribution is -2.24. The SMILES string of the molecule is COc1ccc(NC(=O)C(C)n2cc([N+](=O)[O-])cn2)c([N+](=O)[O-])c1. The number of methoxy groups -OCH3 is 1. The number of hydrogen-bond donors (Lipinski definition) is 1. The molecule has 1 aromatic heterocycles. The van der Waals surface area contributed by atoms with Gasteiger partial charge in [-0.1, -0.05) is 0 Å². The van der Waals surface area contributed by atoms with E-state index in [-0.39, 0.29) is 22.8 Å². The van der Waals surface area contributed by atoms with Gasteiger partial charge >= 0.3 is 5.69 Å². The van der Waals surface area contributed by atoms with Crippen LogP contribution in [0.5, 0.6) is 5.75 Å². The third-order valence-electron chi connectivity index (χ3n) is 3.23. The maximum Gasteiger partial charge on any atom is 0.307 e. The number of carbonyl (C=O) groups excluding carboxylic acids is 1. The van der Waals surface area contributed by atoms with Crippen LogP contribution >= 0.6 is 0 Å². The molecule has 1 heterocycles. The van der Waals surface area contributed by atoms with E-state index < -0.39 is 21.8 Å². The van der Waals surface area contributed by atoms with Crippen molar-refractivity contribution in [2.75, 3.05) is 12.4 Å². The standard InChI is InChI=1S/C13H13N5O6/c1-8(16-7-9(6-14-16)17(20)21)13(19)15-11-4-3-10(24-2)5-12(11)18(22)23/h3-8H,1-2H3,(H,15,19). The average molecular weight is 335 g/mol. The number of nitrogens with one attached hydrogen (secondary N) is 1. The molecule has 0 saturated carbocycles. The summed E-state index contributed by atoms with van der Waals surface area (Å²) < 4.78 is 6.01. The fourth-order valence-electron chi connectivity index (χ4n) is 1.89. The number of nitro groups is 2. The Morgan fingerprint density at radius 2 is 2.04 bits per heavy atom. The van der Waals surface area contributed by atoms with Gasteiger partial charge in [0.1, 0.15) is 29.9 Å². The van der Waals surface area contributed by atoms with Crippen LogP contribution in [0, 0.1) is 20.2 Å². The number of aromatic nitrogens is 2. The van der Waals surface area contributed by atoms with Crippen LogP contribution < -0.4 is 10.1 Å². The largest absolute Gasteiger partial charge is 0.496 e. The van der Waals surface area contributed by atoms with E-state index in [0.29, 0.717) is 0 Å². The molecule has 0 fully saturated rings. The molecule has 0 saturated heterocycles. The number of anilines is 1. The van der Waals surface area contributed by atoms with E-state index in [1.165, 1.54) is 32.2 Å². The zero-order valence-electron chi connectivity index (χ0n) is 12.7. The smallest absolute Gasteiger partial charge is 0.307 e. The van der Waals surface area contributed by atoms with Gasteiger partial charge in [-0.2, -0.15) is 5.10 Å². The number of nitrogens with zero attached hydrogens (tertiary/aromatic N) is 4. The highest BCUT2D eigenvalue weighted by molar-refractivity contribution is 5.95. The van der Waals surface area contributed by atoms with E-state index >= 15 is 0 Å². The number of ether oxygens (including phenoxy) is 1. The Morgan fingerprint density at radius 3 is 2.58 bits per heavy atom. The zero-order chi connectivity index (χ0) is 17.9. The first-order chi connectivity index (χ1) is 11.3. The molecule has 0 aliphatic heterocycles. The van der Waals surface area contributed by atoms with Crippen LogP contribution in [0.1, 0.15) is 13.0 Å². The Labute approximate surface area is 135 Å². The molecular weight excluding hydrogens is 322 g/mol. The molecule has 11 nitrogen and oxygen atoms in total. The molecule has 0 radical (unpaired) electrons. The molecule has 1 atom stereocenters. The van der Waals surface area contributed by atoms with Gasteiger partial charge in [-0.15, -0.1) is 0 Å². The minimum atomic E-state index is -0.902. The Hall–Kier alpha value is -3.50. The first-order valence-corrected chi connectivity index (χ1v) is 6.65. The fourth-order valence-corrected chi connectivity index (χ4v) is 1.89. The van der Waals surface area contributed by atoms with Gasteiger partial charge in [-0.25, -0.2) is 0 Å². The van der Waals surface area contributed by atoms with Crippen molar-refractivity contribution >= 4 is 23.0 Å². The Kier molecular flexibility index (Phi) is 4.73. The number of hydrogen-bond acceptors (Lipinski definition) is 7. The van der Waals surface area contributed by atoms with Crippen LogP contribution in [-0.4, -0.2) is 32.6 Å². The van der Waals surface area contributed by atoms with Crippen LogP contribution in [0.25, 0.3) is 0 Å². The van der Waals surface area contributed by atoms with Gasteiger partial charge in [0.05, 0.1) is 23.0 Å². The normalized spacial score (nSPS) is 11.6. The highest BCUT2D eigenvalue weighted by Gasteiger charge is 2.23. The Balaban J connectivity index is 2.22. The maximum absolute atomic E-state index is 12.2. The third-order valence-corrected chi connectivity index (χ3v) is 3.23. The number of benzene rings is 1. The van der Waals surface area contributed by atoms with Crippen LogP contribution in [0.2, 0.25) is 0 Å². The van der Waals surface area contributed by atoms with E-state index in [9.17, 15) is 25.0 Å². The van der Waals surface area contributed by atoms with Gasteiger partial charge in [0.2, 0.25) is 5.91 Å². The molecular formula is C13H13N5O6. The van der Waals surface area contributed by atoms with Gasteiger partial charge in [-0.3, -0.25) is 29.7 Å². The summed E-state index contributed by atoms with van der Waals surface area (Å²) in [6.45, 7) is 1.46. The number of nitro benzene ring substituents is 1. The monoisotopic (exact) mass is 335 g/mol. The second-order valence-electron chi connectivity index (χ2n) is 4.74. The summed E-state index contributed by atoms with van der Waals surface area (Å²) in [4.78, 5) is 32.7. The van der Waals surface area contributed by atoms with Crippen LogP contribution in [0.4, 0.5) is 17.1 Å². The van der Waals surface area contributed by atoms with Gasteiger partial charge in [-0.05, 0) is 19.1 Å². The Bertz CT molecular complexity index is 802. The van der Waals surface area contributed by atoms with Crippen molar-refractivity contribution in [3.63, 3.8) is 0 Å². The summed E-state index contributed by atoms with van der Waals surface area (Å²) in [5, 5.41) is 27.9. The minimum absolute atomic E-state index is 0.0145. The fraction of sp³-hybridized carbons (Fsp3) is 0.231. The molecule has 24 heavy (non-hydrogen) atoms. The van der Waals surface area contributed by atoms with Crippen molar-refractivity contribution in [2.24, 2.45) is 0 Å². The summed E-state index contributed by atoms with van der Waals surface area (Å²) in [5.41, 5.74) is -0.606. The number of carbonyl (C=O) groups is 1. The molecule has 11 heteroatoms. The topological polar surface area (TPSA) is 142 Å². The summed E-state index contributed by atoms with van der Waals surface area (Å²) in [6, 6.07) is 3.08. The molecule has 1 amide bonds. The van der Waals surface area contributed by atoms with Crippen LogP contribution in [0.15, 0.2) is 30.6 Å². The second kappa shape index (κ2) is 6.73.